The first kappa shape index (κ1) is 21.9. The van der Waals surface area contributed by atoms with Gasteiger partial charge in [0.1, 0.15) is 0 Å². The van der Waals surface area contributed by atoms with E-state index in [1.165, 1.54) is 5.56 Å². The minimum Gasteiger partial charge on any atom is -0.352 e. The molecule has 1 fully saturated rings. The van der Waals surface area contributed by atoms with E-state index in [4.69, 9.17) is 5.73 Å². The highest BCUT2D eigenvalue weighted by atomic mass is 35.5. The van der Waals surface area contributed by atoms with Crippen molar-refractivity contribution < 1.29 is 9.59 Å². The van der Waals surface area contributed by atoms with Crippen LogP contribution in [0, 0.1) is 11.8 Å². The number of nitrogens with one attached hydrogen (secondary N) is 2. The lowest BCUT2D eigenvalue weighted by molar-refractivity contribution is -0.120. The Morgan fingerprint density at radius 3 is 2.46 bits per heavy atom. The predicted octanol–water partition coefficient (Wildman–Crippen LogP) is 3.39. The molecule has 2 aromatic rings. The van der Waals surface area contributed by atoms with Crippen LogP contribution in [0.3, 0.4) is 0 Å². The quantitative estimate of drug-likeness (QED) is 0.664. The van der Waals surface area contributed by atoms with E-state index in [0.717, 1.165) is 25.7 Å². The maximum Gasteiger partial charge on any atom is 0.253 e. The Bertz CT molecular complexity index is 782. The fraction of sp³-hybridized carbons (Fsp3) is 0.364. The molecule has 2 atom stereocenters. The zero-order valence-electron chi connectivity index (χ0n) is 15.9. The summed E-state index contributed by atoms with van der Waals surface area (Å²) < 4.78 is 0. The average molecular weight is 402 g/mol. The molecule has 5 nitrogen and oxygen atoms in total. The first-order valence-electron chi connectivity index (χ1n) is 9.61. The number of halogens is 1. The van der Waals surface area contributed by atoms with Crippen LogP contribution in [0.2, 0.25) is 0 Å². The number of carbonyl (C=O) groups is 2. The molecule has 28 heavy (non-hydrogen) atoms. The molecule has 0 radical (unpaired) electrons. The Hall–Kier alpha value is -2.37. The summed E-state index contributed by atoms with van der Waals surface area (Å²) in [5.74, 6) is -0.0443. The van der Waals surface area contributed by atoms with Crippen molar-refractivity contribution in [3.63, 3.8) is 0 Å². The summed E-state index contributed by atoms with van der Waals surface area (Å²) >= 11 is 0. The lowest BCUT2D eigenvalue weighted by atomic mass is 9.95. The largest absolute Gasteiger partial charge is 0.352 e. The Labute approximate surface area is 172 Å². The van der Waals surface area contributed by atoms with E-state index in [1.807, 2.05) is 36.4 Å². The summed E-state index contributed by atoms with van der Waals surface area (Å²) in [6.07, 6.45) is 3.65. The zero-order chi connectivity index (χ0) is 19.1. The minimum atomic E-state index is -0.177. The molecule has 0 aromatic heterocycles. The van der Waals surface area contributed by atoms with Crippen molar-refractivity contribution in [3.8, 4) is 0 Å². The summed E-state index contributed by atoms with van der Waals surface area (Å²) in [4.78, 5) is 25.3. The van der Waals surface area contributed by atoms with Crippen LogP contribution in [-0.4, -0.2) is 24.9 Å². The number of rotatable bonds is 7. The van der Waals surface area contributed by atoms with Crippen molar-refractivity contribution in [3.05, 3.63) is 65.7 Å². The van der Waals surface area contributed by atoms with Crippen molar-refractivity contribution >= 4 is 29.9 Å². The topological polar surface area (TPSA) is 84.2 Å². The molecule has 0 aliphatic heterocycles. The second-order valence-corrected chi connectivity index (χ2v) is 7.06. The standard InChI is InChI=1S/C22H27N3O2.ClH/c23-15-17-9-6-11-18(17)22(27)25-20-12-5-4-10-19(20)21(26)24-14-13-16-7-2-1-3-8-16;/h1-5,7-8,10,12,17-18H,6,9,11,13-15,23H2,(H,24,26)(H,25,27);1H/t17-,18-;/m1./s1. The average Bonchev–Trinajstić information content (AvgIpc) is 3.18. The molecule has 6 heteroatoms. The van der Waals surface area contributed by atoms with Crippen LogP contribution in [0.4, 0.5) is 5.69 Å². The van der Waals surface area contributed by atoms with Gasteiger partial charge in [-0.1, -0.05) is 48.9 Å². The minimum absolute atomic E-state index is 0. The number of benzene rings is 2. The van der Waals surface area contributed by atoms with Crippen molar-refractivity contribution in [2.75, 3.05) is 18.4 Å². The molecular weight excluding hydrogens is 374 g/mol. The highest BCUT2D eigenvalue weighted by Crippen LogP contribution is 2.32. The molecule has 1 aliphatic carbocycles. The predicted molar refractivity (Wildman–Crippen MR) is 115 cm³/mol. The summed E-state index contributed by atoms with van der Waals surface area (Å²) in [6, 6.07) is 17.2. The molecule has 0 bridgehead atoms. The van der Waals surface area contributed by atoms with Crippen LogP contribution in [0.1, 0.15) is 35.2 Å². The van der Waals surface area contributed by atoms with Crippen LogP contribution in [-0.2, 0) is 11.2 Å². The number of amides is 2. The third-order valence-corrected chi connectivity index (χ3v) is 5.27. The van der Waals surface area contributed by atoms with E-state index in [0.29, 0.717) is 24.3 Å². The van der Waals surface area contributed by atoms with E-state index in [9.17, 15) is 9.59 Å². The van der Waals surface area contributed by atoms with Gasteiger partial charge in [-0.15, -0.1) is 12.4 Å². The molecule has 3 rings (SSSR count). The number of nitrogens with two attached hydrogens (primary N) is 1. The molecule has 0 saturated heterocycles. The molecule has 2 amide bonds. The number of carbonyl (C=O) groups excluding carboxylic acids is 2. The highest BCUT2D eigenvalue weighted by molar-refractivity contribution is 6.04. The van der Waals surface area contributed by atoms with Crippen LogP contribution >= 0.6 is 12.4 Å². The van der Waals surface area contributed by atoms with Gasteiger partial charge in [-0.3, -0.25) is 9.59 Å². The van der Waals surface area contributed by atoms with Crippen molar-refractivity contribution in [2.24, 2.45) is 17.6 Å². The van der Waals surface area contributed by atoms with Gasteiger partial charge in [0.25, 0.3) is 5.91 Å². The van der Waals surface area contributed by atoms with Gasteiger partial charge >= 0.3 is 0 Å². The van der Waals surface area contributed by atoms with Gasteiger partial charge in [-0.25, -0.2) is 0 Å². The summed E-state index contributed by atoms with van der Waals surface area (Å²) in [5.41, 5.74) is 8.01. The van der Waals surface area contributed by atoms with Gasteiger partial charge in [0, 0.05) is 12.5 Å². The lowest BCUT2D eigenvalue weighted by Crippen LogP contribution is -2.31. The maximum absolute atomic E-state index is 12.7. The van der Waals surface area contributed by atoms with Crippen molar-refractivity contribution in [2.45, 2.75) is 25.7 Å². The Morgan fingerprint density at radius 1 is 1.00 bits per heavy atom. The van der Waals surface area contributed by atoms with E-state index in [1.54, 1.807) is 18.2 Å². The maximum atomic E-state index is 12.7. The Kier molecular flexibility index (Phi) is 8.48. The Balaban J connectivity index is 0.00000280. The lowest BCUT2D eigenvalue weighted by Gasteiger charge is -2.18. The SMILES string of the molecule is Cl.NC[C@H]1CCC[C@H]1C(=O)Nc1ccccc1C(=O)NCCc1ccccc1. The molecular formula is C22H28ClN3O2. The summed E-state index contributed by atoms with van der Waals surface area (Å²) in [6.45, 7) is 1.07. The first-order chi connectivity index (χ1) is 13.2. The number of para-hydroxylation sites is 1. The van der Waals surface area contributed by atoms with E-state index in [-0.39, 0.29) is 36.1 Å². The van der Waals surface area contributed by atoms with Gasteiger partial charge in [-0.2, -0.15) is 0 Å². The van der Waals surface area contributed by atoms with Crippen LogP contribution in [0.5, 0.6) is 0 Å². The van der Waals surface area contributed by atoms with Crippen molar-refractivity contribution in [1.29, 1.82) is 0 Å². The van der Waals surface area contributed by atoms with Crippen molar-refractivity contribution in [1.82, 2.24) is 5.32 Å². The van der Waals surface area contributed by atoms with E-state index >= 15 is 0 Å². The monoisotopic (exact) mass is 401 g/mol. The molecule has 2 aromatic carbocycles. The molecule has 1 saturated carbocycles. The normalized spacial score (nSPS) is 18.2. The smallest absolute Gasteiger partial charge is 0.253 e. The second kappa shape index (κ2) is 10.8. The zero-order valence-corrected chi connectivity index (χ0v) is 16.7. The first-order valence-corrected chi connectivity index (χ1v) is 9.61. The molecule has 0 unspecified atom stereocenters. The van der Waals surface area contributed by atoms with E-state index < -0.39 is 0 Å². The molecule has 4 N–H and O–H groups in total. The fourth-order valence-corrected chi connectivity index (χ4v) is 3.74. The van der Waals surface area contributed by atoms with Gasteiger partial charge < -0.3 is 16.4 Å². The van der Waals surface area contributed by atoms with E-state index in [2.05, 4.69) is 10.6 Å². The van der Waals surface area contributed by atoms with Crippen LogP contribution in [0.15, 0.2) is 54.6 Å². The summed E-state index contributed by atoms with van der Waals surface area (Å²) in [5, 5.41) is 5.89. The molecule has 0 spiro atoms. The van der Waals surface area contributed by atoms with Crippen LogP contribution in [0.25, 0.3) is 0 Å². The number of hydrogen-bond donors (Lipinski definition) is 3. The fourth-order valence-electron chi connectivity index (χ4n) is 3.74. The molecule has 150 valence electrons. The van der Waals surface area contributed by atoms with Gasteiger partial charge in [0.15, 0.2) is 0 Å². The molecule has 0 heterocycles. The number of anilines is 1. The third-order valence-electron chi connectivity index (χ3n) is 5.27. The van der Waals surface area contributed by atoms with Gasteiger partial charge in [0.05, 0.1) is 11.3 Å². The van der Waals surface area contributed by atoms with Crippen LogP contribution < -0.4 is 16.4 Å². The van der Waals surface area contributed by atoms with Gasteiger partial charge in [-0.05, 0) is 49.4 Å². The Morgan fingerprint density at radius 2 is 1.71 bits per heavy atom. The molecule has 1 aliphatic rings. The number of hydrogen-bond acceptors (Lipinski definition) is 3. The summed E-state index contributed by atoms with van der Waals surface area (Å²) in [7, 11) is 0. The second-order valence-electron chi connectivity index (χ2n) is 7.06. The third kappa shape index (κ3) is 5.57. The van der Waals surface area contributed by atoms with Gasteiger partial charge in [0.2, 0.25) is 5.91 Å². The highest BCUT2D eigenvalue weighted by Gasteiger charge is 2.32.